The molecule has 3 heterocycles. The Balaban J connectivity index is 1.25. The number of fused-ring (bicyclic) bond motifs is 1. The molecule has 14 heteroatoms. The van der Waals surface area contributed by atoms with Crippen molar-refractivity contribution in [2.24, 2.45) is 0 Å². The van der Waals surface area contributed by atoms with Gasteiger partial charge in [0.25, 0.3) is 0 Å². The first-order chi connectivity index (χ1) is 25.5. The zero-order chi connectivity index (χ0) is 38.1. The van der Waals surface area contributed by atoms with E-state index in [1.165, 1.54) is 0 Å². The number of likely N-dealkylation sites (tertiary alicyclic amines) is 1. The van der Waals surface area contributed by atoms with Gasteiger partial charge >= 0.3 is 12.1 Å². The molecule has 4 N–H and O–H groups in total. The van der Waals surface area contributed by atoms with Crippen molar-refractivity contribution in [3.05, 3.63) is 86.6 Å². The summed E-state index contributed by atoms with van der Waals surface area (Å²) in [7, 11) is 0. The van der Waals surface area contributed by atoms with Crippen LogP contribution in [0.3, 0.4) is 0 Å². The van der Waals surface area contributed by atoms with Crippen molar-refractivity contribution in [1.82, 2.24) is 35.6 Å². The average molecular weight is 858 g/mol. The van der Waals surface area contributed by atoms with E-state index in [0.29, 0.717) is 86.0 Å². The lowest BCUT2D eigenvalue weighted by molar-refractivity contribution is -0.138. The topological polar surface area (TPSA) is 138 Å². The third-order valence-corrected chi connectivity index (χ3v) is 11.4. The SMILES string of the molecule is C=C/C=C(\C=C/C)N1CCN(C(=O)[C@H](CCC)NC(=O)[C@@H](Cc2cc(Br)c(O)c(Br)c2)NC(=O)N2CCC(N3CC4=CCCC=C4NC3=O)CC2)CC1. The third-order valence-electron chi connectivity index (χ3n) is 10.2. The maximum absolute atomic E-state index is 14.1. The van der Waals surface area contributed by atoms with Crippen LogP contribution in [0.1, 0.15) is 57.9 Å². The lowest BCUT2D eigenvalue weighted by atomic mass is 9.97. The number of allylic oxidation sites excluding steroid dienone is 6. The predicted octanol–water partition coefficient (Wildman–Crippen LogP) is 5.71. The molecule has 1 aliphatic carbocycles. The summed E-state index contributed by atoms with van der Waals surface area (Å²) in [5.74, 6) is -0.573. The molecule has 0 aromatic heterocycles. The summed E-state index contributed by atoms with van der Waals surface area (Å²) in [5, 5.41) is 19.3. The summed E-state index contributed by atoms with van der Waals surface area (Å²) in [6, 6.07) is 1.16. The number of carbonyl (C=O) groups excluding carboxylic acids is 4. The zero-order valence-electron chi connectivity index (χ0n) is 30.6. The minimum absolute atomic E-state index is 0.00962. The second kappa shape index (κ2) is 18.8. The molecule has 53 heavy (non-hydrogen) atoms. The van der Waals surface area contributed by atoms with Gasteiger partial charge in [0, 0.05) is 69.7 Å². The van der Waals surface area contributed by atoms with E-state index in [2.05, 4.69) is 71.4 Å². The minimum atomic E-state index is -1.00. The number of phenols is 1. The molecule has 0 bridgehead atoms. The van der Waals surface area contributed by atoms with Gasteiger partial charge in [-0.05, 0) is 106 Å². The number of hydrogen-bond donors (Lipinski definition) is 4. The van der Waals surface area contributed by atoms with E-state index in [4.69, 9.17) is 0 Å². The molecule has 4 aliphatic rings. The van der Waals surface area contributed by atoms with E-state index in [-0.39, 0.29) is 36.2 Å². The molecular weight excluding hydrogens is 806 g/mol. The fourth-order valence-corrected chi connectivity index (χ4v) is 8.61. The Labute approximate surface area is 329 Å². The Morgan fingerprint density at radius 1 is 0.981 bits per heavy atom. The number of carbonyl (C=O) groups is 4. The highest BCUT2D eigenvalue weighted by Crippen LogP contribution is 2.34. The molecule has 1 aromatic rings. The molecule has 2 atom stereocenters. The molecule has 12 nitrogen and oxygen atoms in total. The summed E-state index contributed by atoms with van der Waals surface area (Å²) in [6.07, 6.45) is 16.3. The fourth-order valence-electron chi connectivity index (χ4n) is 7.33. The zero-order valence-corrected chi connectivity index (χ0v) is 33.8. The van der Waals surface area contributed by atoms with Crippen LogP contribution in [-0.4, -0.2) is 113 Å². The Morgan fingerprint density at radius 2 is 1.64 bits per heavy atom. The van der Waals surface area contributed by atoms with Crippen LogP contribution in [0.25, 0.3) is 0 Å². The van der Waals surface area contributed by atoms with Crippen molar-refractivity contribution in [2.45, 2.75) is 76.9 Å². The van der Waals surface area contributed by atoms with Gasteiger partial charge in [-0.3, -0.25) is 9.59 Å². The van der Waals surface area contributed by atoms with Crippen LogP contribution in [0.4, 0.5) is 9.59 Å². The van der Waals surface area contributed by atoms with Crippen LogP contribution in [0.2, 0.25) is 0 Å². The molecule has 286 valence electrons. The van der Waals surface area contributed by atoms with Crippen LogP contribution >= 0.6 is 31.9 Å². The molecule has 0 radical (unpaired) electrons. The van der Waals surface area contributed by atoms with Gasteiger partial charge in [-0.15, -0.1) is 0 Å². The lowest BCUT2D eigenvalue weighted by Crippen LogP contribution is -2.59. The predicted molar refractivity (Wildman–Crippen MR) is 213 cm³/mol. The van der Waals surface area contributed by atoms with E-state index < -0.39 is 18.0 Å². The molecule has 3 fully saturated rings. The van der Waals surface area contributed by atoms with Gasteiger partial charge in [0.2, 0.25) is 11.8 Å². The van der Waals surface area contributed by atoms with E-state index in [1.54, 1.807) is 28.0 Å². The lowest BCUT2D eigenvalue weighted by Gasteiger charge is -2.42. The highest BCUT2D eigenvalue weighted by atomic mass is 79.9. The first-order valence-electron chi connectivity index (χ1n) is 18.5. The highest BCUT2D eigenvalue weighted by molar-refractivity contribution is 9.11. The Morgan fingerprint density at radius 3 is 2.28 bits per heavy atom. The van der Waals surface area contributed by atoms with Gasteiger partial charge in [0.1, 0.15) is 17.8 Å². The average Bonchev–Trinajstić information content (AvgIpc) is 3.16. The number of aromatic hydroxyl groups is 1. The molecular formula is C39H51Br2N7O5. The normalized spacial score (nSPS) is 19.5. The molecule has 6 amide bonds. The quantitative estimate of drug-likeness (QED) is 0.199. The summed E-state index contributed by atoms with van der Waals surface area (Å²) >= 11 is 6.74. The Kier molecular flexibility index (Phi) is 14.3. The van der Waals surface area contributed by atoms with Crippen molar-refractivity contribution < 1.29 is 24.3 Å². The summed E-state index contributed by atoms with van der Waals surface area (Å²) in [6.45, 7) is 11.5. The minimum Gasteiger partial charge on any atom is -0.506 e. The number of amides is 6. The monoisotopic (exact) mass is 855 g/mol. The standard InChI is InChI=1S/C39H51Br2N7O5/c1-4-9-28(10-5-2)45-18-20-46(21-19-45)37(51)33(11-6-3)42-36(50)34(24-26-22-30(40)35(49)31(41)23-26)44-38(52)47-16-14-29(15-17-47)48-25-27-12-7-8-13-32(27)43-39(48)53/h4-5,9-10,12-13,22-23,29,33-34,49H,1,6-8,11,14-21,24-25H2,2-3H3,(H,42,50)(H,43,53)(H,44,52)/b10-5-,28-9+/t33-,34+/m0/s1. The number of piperidine rings is 1. The number of nitrogens with zero attached hydrogens (tertiary/aromatic N) is 4. The van der Waals surface area contributed by atoms with Crippen LogP contribution in [0.5, 0.6) is 5.75 Å². The fraction of sp³-hybridized carbons (Fsp3) is 0.487. The molecule has 0 spiro atoms. The van der Waals surface area contributed by atoms with Crippen LogP contribution in [-0.2, 0) is 16.0 Å². The van der Waals surface area contributed by atoms with Crippen LogP contribution in [0, 0.1) is 0 Å². The molecule has 0 saturated carbocycles. The highest BCUT2D eigenvalue weighted by Gasteiger charge is 2.36. The maximum atomic E-state index is 14.1. The number of urea groups is 2. The van der Waals surface area contributed by atoms with E-state index in [1.807, 2.05) is 37.0 Å². The number of rotatable bonds is 12. The number of nitrogens with one attached hydrogen (secondary N) is 3. The van der Waals surface area contributed by atoms with Gasteiger partial charge < -0.3 is 40.7 Å². The van der Waals surface area contributed by atoms with Crippen molar-refractivity contribution >= 4 is 55.7 Å². The smallest absolute Gasteiger partial charge is 0.322 e. The molecule has 3 saturated heterocycles. The van der Waals surface area contributed by atoms with Gasteiger partial charge in [0.15, 0.2) is 0 Å². The summed E-state index contributed by atoms with van der Waals surface area (Å²) < 4.78 is 0.892. The Hall–Kier alpha value is -4.04. The maximum Gasteiger partial charge on any atom is 0.322 e. The third kappa shape index (κ3) is 10.1. The molecule has 3 aliphatic heterocycles. The van der Waals surface area contributed by atoms with Crippen molar-refractivity contribution in [3.63, 3.8) is 0 Å². The van der Waals surface area contributed by atoms with Crippen molar-refractivity contribution in [2.75, 3.05) is 45.8 Å². The van der Waals surface area contributed by atoms with Gasteiger partial charge in [0.05, 0.1) is 8.95 Å². The number of hydrogen-bond acceptors (Lipinski definition) is 6. The largest absolute Gasteiger partial charge is 0.506 e. The van der Waals surface area contributed by atoms with Gasteiger partial charge in [-0.2, -0.15) is 0 Å². The van der Waals surface area contributed by atoms with E-state index in [0.717, 1.165) is 29.8 Å². The number of benzene rings is 1. The Bertz CT molecular complexity index is 1650. The number of phenolic OH excluding ortho intramolecular Hbond substituents is 1. The van der Waals surface area contributed by atoms with E-state index in [9.17, 15) is 24.3 Å². The van der Waals surface area contributed by atoms with E-state index >= 15 is 0 Å². The van der Waals surface area contributed by atoms with Crippen molar-refractivity contribution in [1.29, 1.82) is 0 Å². The van der Waals surface area contributed by atoms with Crippen LogP contribution in [0.15, 0.2) is 81.1 Å². The molecule has 5 rings (SSSR count). The first-order valence-corrected chi connectivity index (χ1v) is 20.1. The first kappa shape index (κ1) is 40.2. The second-order valence-electron chi connectivity index (χ2n) is 13.8. The number of piperazine rings is 1. The van der Waals surface area contributed by atoms with Crippen LogP contribution < -0.4 is 16.0 Å². The van der Waals surface area contributed by atoms with Gasteiger partial charge in [-0.1, -0.05) is 44.2 Å². The summed E-state index contributed by atoms with van der Waals surface area (Å²) in [4.78, 5) is 62.2. The molecule has 1 aromatic carbocycles. The molecule has 0 unspecified atom stereocenters. The number of halogens is 2. The van der Waals surface area contributed by atoms with Gasteiger partial charge in [-0.25, -0.2) is 9.59 Å². The van der Waals surface area contributed by atoms with Crippen molar-refractivity contribution in [3.8, 4) is 5.75 Å². The summed E-state index contributed by atoms with van der Waals surface area (Å²) in [5.41, 5.74) is 3.78. The second-order valence-corrected chi connectivity index (χ2v) is 15.5.